The molecule has 31 heavy (non-hydrogen) atoms. The van der Waals surface area contributed by atoms with E-state index in [9.17, 15) is 14.7 Å². The van der Waals surface area contributed by atoms with E-state index < -0.39 is 18.1 Å². The topological polar surface area (TPSA) is 132 Å². The van der Waals surface area contributed by atoms with E-state index >= 15 is 0 Å². The van der Waals surface area contributed by atoms with Crippen LogP contribution in [0.15, 0.2) is 41.3 Å². The number of rotatable bonds is 5. The quantitative estimate of drug-likeness (QED) is 0.511. The van der Waals surface area contributed by atoms with Gasteiger partial charge in [0, 0.05) is 33.8 Å². The van der Waals surface area contributed by atoms with E-state index in [1.165, 1.54) is 4.57 Å². The van der Waals surface area contributed by atoms with Crippen molar-refractivity contribution in [3.8, 4) is 11.1 Å². The Balaban J connectivity index is 1.79. The molecule has 0 bridgehead atoms. The van der Waals surface area contributed by atoms with Crippen molar-refractivity contribution in [2.24, 2.45) is 5.90 Å². The molecule has 2 heterocycles. The minimum Gasteiger partial charge on any atom is -0.393 e. The largest absolute Gasteiger partial charge is 0.393 e. The predicted octanol–water partition coefficient (Wildman–Crippen LogP) is 2.24. The number of carbonyl (C=O) groups excluding carboxylic acids is 1. The lowest BCUT2D eigenvalue weighted by Gasteiger charge is -2.26. The number of pyridine rings is 1. The Kier molecular flexibility index (Phi) is 6.17. The molecule has 1 aliphatic rings. The zero-order chi connectivity index (χ0) is 22.0. The molecule has 0 amide bonds. The molecule has 1 aromatic carbocycles. The number of aliphatic hydroxyl groups is 1. The molecule has 162 valence electrons. The summed E-state index contributed by atoms with van der Waals surface area (Å²) in [6, 6.07) is 8.73. The molecule has 3 aromatic rings. The lowest BCUT2D eigenvalue weighted by Crippen LogP contribution is -2.30. The first-order valence-corrected chi connectivity index (χ1v) is 10.3. The number of aromatic nitrogens is 3. The van der Waals surface area contributed by atoms with Crippen LogP contribution in [0, 0.1) is 0 Å². The summed E-state index contributed by atoms with van der Waals surface area (Å²) in [5.41, 5.74) is 0.679. The van der Waals surface area contributed by atoms with E-state index in [4.69, 9.17) is 17.5 Å². The Morgan fingerprint density at radius 3 is 2.71 bits per heavy atom. The third-order valence-electron chi connectivity index (χ3n) is 5.44. The summed E-state index contributed by atoms with van der Waals surface area (Å²) in [6.07, 6.45) is 4.32. The first-order chi connectivity index (χ1) is 15.0. The van der Waals surface area contributed by atoms with Crippen LogP contribution in [0.1, 0.15) is 25.7 Å². The highest BCUT2D eigenvalue weighted by Crippen LogP contribution is 2.27. The van der Waals surface area contributed by atoms with E-state index in [2.05, 4.69) is 20.1 Å². The maximum absolute atomic E-state index is 13.3. The number of carbonyl (C=O) groups is 1. The van der Waals surface area contributed by atoms with Crippen LogP contribution in [0.25, 0.3) is 22.2 Å². The lowest BCUT2D eigenvalue weighted by molar-refractivity contribution is -0.144. The van der Waals surface area contributed by atoms with Crippen molar-refractivity contribution in [1.29, 1.82) is 0 Å². The Morgan fingerprint density at radius 1 is 1.26 bits per heavy atom. The highest BCUT2D eigenvalue weighted by molar-refractivity contribution is 6.33. The molecule has 0 saturated heterocycles. The number of nitrogens with one attached hydrogen (secondary N) is 1. The van der Waals surface area contributed by atoms with Gasteiger partial charge in [-0.3, -0.25) is 9.36 Å². The molecule has 4 rings (SSSR count). The van der Waals surface area contributed by atoms with E-state index in [1.807, 2.05) is 0 Å². The average Bonchev–Trinajstić information content (AvgIpc) is 2.77. The van der Waals surface area contributed by atoms with Gasteiger partial charge in [-0.1, -0.05) is 29.8 Å². The van der Waals surface area contributed by atoms with Gasteiger partial charge in [-0.25, -0.2) is 9.78 Å². The highest BCUT2D eigenvalue weighted by Gasteiger charge is 2.21. The van der Waals surface area contributed by atoms with E-state index in [-0.39, 0.29) is 17.8 Å². The number of halogens is 1. The Labute approximate surface area is 182 Å². The molecule has 1 aliphatic carbocycles. The van der Waals surface area contributed by atoms with Crippen molar-refractivity contribution in [2.45, 2.75) is 44.4 Å². The van der Waals surface area contributed by atoms with Crippen molar-refractivity contribution in [1.82, 2.24) is 14.5 Å². The molecule has 0 unspecified atom stereocenters. The highest BCUT2D eigenvalue weighted by atomic mass is 35.5. The number of nitrogens with two attached hydrogens (primary N) is 1. The first-order valence-electron chi connectivity index (χ1n) is 9.96. The molecule has 4 N–H and O–H groups in total. The van der Waals surface area contributed by atoms with Gasteiger partial charge in [0.25, 0.3) is 5.56 Å². The number of aliphatic hydroxyl groups excluding tert-OH is 1. The van der Waals surface area contributed by atoms with Gasteiger partial charge < -0.3 is 15.3 Å². The number of hydrogen-bond donors (Lipinski definition) is 3. The first kappa shape index (κ1) is 21.2. The third kappa shape index (κ3) is 4.53. The van der Waals surface area contributed by atoms with Gasteiger partial charge in [0.15, 0.2) is 0 Å². The average molecular weight is 444 g/mol. The zero-order valence-corrected chi connectivity index (χ0v) is 17.4. The Hall–Kier alpha value is -3.01. The van der Waals surface area contributed by atoms with Gasteiger partial charge in [0.05, 0.1) is 6.10 Å². The Morgan fingerprint density at radius 2 is 2.00 bits per heavy atom. The van der Waals surface area contributed by atoms with Crippen LogP contribution in [-0.4, -0.2) is 37.8 Å². The van der Waals surface area contributed by atoms with Crippen LogP contribution >= 0.6 is 11.6 Å². The van der Waals surface area contributed by atoms with Crippen molar-refractivity contribution >= 4 is 34.6 Å². The second-order valence-electron chi connectivity index (χ2n) is 7.54. The number of benzene rings is 1. The van der Waals surface area contributed by atoms with Gasteiger partial charge in [-0.15, -0.1) is 0 Å². The second-order valence-corrected chi connectivity index (χ2v) is 7.95. The summed E-state index contributed by atoms with van der Waals surface area (Å²) in [5.74, 6) is 4.56. The number of anilines is 1. The summed E-state index contributed by atoms with van der Waals surface area (Å²) in [5, 5.41) is 13.9. The molecule has 0 aliphatic heterocycles. The van der Waals surface area contributed by atoms with Crippen molar-refractivity contribution in [2.75, 3.05) is 5.32 Å². The van der Waals surface area contributed by atoms with E-state index in [0.717, 1.165) is 12.8 Å². The maximum atomic E-state index is 13.3. The van der Waals surface area contributed by atoms with Crippen molar-refractivity contribution in [3.05, 3.63) is 51.9 Å². The molecule has 0 radical (unpaired) electrons. The standard InChI is InChI=1S/C21H22ClN5O4/c22-17-4-2-1-3-15(17)16-9-12-10-24-21(25-13-5-7-14(28)8-6-13)26-19(12)27(20(16)30)11-18(29)31-23/h1-4,9-10,13-14,28H,5-8,11,23H2,(H,24,25,26). The zero-order valence-electron chi connectivity index (χ0n) is 16.6. The van der Waals surface area contributed by atoms with Gasteiger partial charge in [0.1, 0.15) is 12.2 Å². The van der Waals surface area contributed by atoms with E-state index in [0.29, 0.717) is 40.3 Å². The summed E-state index contributed by atoms with van der Waals surface area (Å²) < 4.78 is 1.21. The molecule has 2 aromatic heterocycles. The smallest absolute Gasteiger partial charge is 0.344 e. The molecular weight excluding hydrogens is 422 g/mol. The summed E-state index contributed by atoms with van der Waals surface area (Å²) in [7, 11) is 0. The van der Waals surface area contributed by atoms with Crippen molar-refractivity contribution < 1.29 is 14.7 Å². The lowest BCUT2D eigenvalue weighted by atomic mass is 9.93. The third-order valence-corrected chi connectivity index (χ3v) is 5.77. The fraction of sp³-hybridized carbons (Fsp3) is 0.333. The van der Waals surface area contributed by atoms with Gasteiger partial charge in [-0.05, 0) is 37.8 Å². The van der Waals surface area contributed by atoms with Gasteiger partial charge in [0.2, 0.25) is 5.95 Å². The van der Waals surface area contributed by atoms with Crippen molar-refractivity contribution in [3.63, 3.8) is 0 Å². The van der Waals surface area contributed by atoms with Crippen LogP contribution in [0.2, 0.25) is 5.02 Å². The predicted molar refractivity (Wildman–Crippen MR) is 116 cm³/mol. The number of fused-ring (bicyclic) bond motifs is 1. The summed E-state index contributed by atoms with van der Waals surface area (Å²) in [6.45, 7) is -0.407. The number of hydrogen-bond acceptors (Lipinski definition) is 8. The van der Waals surface area contributed by atoms with Gasteiger partial charge >= 0.3 is 5.97 Å². The van der Waals surface area contributed by atoms with Crippen LogP contribution in [-0.2, 0) is 16.2 Å². The van der Waals surface area contributed by atoms with Crippen LogP contribution in [0.3, 0.4) is 0 Å². The number of nitrogens with zero attached hydrogens (tertiary/aromatic N) is 3. The minimum absolute atomic E-state index is 0.123. The maximum Gasteiger partial charge on any atom is 0.344 e. The summed E-state index contributed by atoms with van der Waals surface area (Å²) in [4.78, 5) is 38.3. The SMILES string of the molecule is NOC(=O)Cn1c(=O)c(-c2ccccc2Cl)cc2cnc(NC3CCC(O)CC3)nc21. The summed E-state index contributed by atoms with van der Waals surface area (Å²) >= 11 is 6.29. The fourth-order valence-corrected chi connectivity index (χ4v) is 4.05. The monoisotopic (exact) mass is 443 g/mol. The fourth-order valence-electron chi connectivity index (χ4n) is 3.82. The normalized spacial score (nSPS) is 18.7. The van der Waals surface area contributed by atoms with Crippen LogP contribution in [0.4, 0.5) is 5.95 Å². The molecule has 0 spiro atoms. The molecule has 9 nitrogen and oxygen atoms in total. The Bertz CT molecular complexity index is 1170. The molecular formula is C21H22ClN5O4. The second kappa shape index (κ2) is 9.01. The molecule has 1 fully saturated rings. The van der Waals surface area contributed by atoms with E-state index in [1.54, 1.807) is 36.5 Å². The van der Waals surface area contributed by atoms with Crippen LogP contribution in [0.5, 0.6) is 0 Å². The van der Waals surface area contributed by atoms with Crippen LogP contribution < -0.4 is 16.8 Å². The molecule has 1 saturated carbocycles. The minimum atomic E-state index is -0.783. The molecule has 0 atom stereocenters. The van der Waals surface area contributed by atoms with Gasteiger partial charge in [-0.2, -0.15) is 10.9 Å². The molecule has 10 heteroatoms.